The first-order chi connectivity index (χ1) is 10.1. The number of halogens is 1. The Morgan fingerprint density at radius 1 is 1.29 bits per heavy atom. The fourth-order valence-electron chi connectivity index (χ4n) is 2.10. The third-order valence-electron chi connectivity index (χ3n) is 3.09. The van der Waals surface area contributed by atoms with Gasteiger partial charge in [0.15, 0.2) is 5.78 Å². The number of pyridine rings is 1. The number of nitro benzene ring substituents is 1. The highest BCUT2D eigenvalue weighted by Gasteiger charge is 2.17. The van der Waals surface area contributed by atoms with Crippen molar-refractivity contribution in [3.63, 3.8) is 0 Å². The van der Waals surface area contributed by atoms with Crippen molar-refractivity contribution in [2.75, 3.05) is 0 Å². The largest absolute Gasteiger partial charge is 0.360 e. The first-order valence-electron chi connectivity index (χ1n) is 5.97. The molecular weight excluding hydrogens is 338 g/mol. The van der Waals surface area contributed by atoms with Crippen LogP contribution in [0.15, 0.2) is 47.3 Å². The van der Waals surface area contributed by atoms with E-state index >= 15 is 0 Å². The van der Waals surface area contributed by atoms with Crippen molar-refractivity contribution >= 4 is 38.3 Å². The molecule has 0 fully saturated rings. The van der Waals surface area contributed by atoms with E-state index in [0.29, 0.717) is 26.5 Å². The second-order valence-electron chi connectivity index (χ2n) is 4.41. The van der Waals surface area contributed by atoms with Crippen molar-refractivity contribution in [3.8, 4) is 0 Å². The van der Waals surface area contributed by atoms with E-state index in [4.69, 9.17) is 0 Å². The van der Waals surface area contributed by atoms with Crippen LogP contribution in [0.25, 0.3) is 10.9 Å². The fraction of sp³-hybridized carbons (Fsp3) is 0. The van der Waals surface area contributed by atoms with Gasteiger partial charge in [-0.3, -0.25) is 19.9 Å². The summed E-state index contributed by atoms with van der Waals surface area (Å²) in [5.41, 5.74) is 1.42. The van der Waals surface area contributed by atoms with E-state index in [1.165, 1.54) is 18.3 Å². The van der Waals surface area contributed by atoms with Crippen molar-refractivity contribution in [1.82, 2.24) is 9.97 Å². The maximum atomic E-state index is 12.5. The number of nitro groups is 1. The molecule has 1 aromatic carbocycles. The zero-order chi connectivity index (χ0) is 15.0. The number of non-ortho nitro benzene ring substituents is 1. The van der Waals surface area contributed by atoms with E-state index in [9.17, 15) is 14.9 Å². The standard InChI is InChI=1S/C14H8BrN3O3/c15-9-3-8(5-16-6-9)14(19)12-7-17-13-2-1-10(18(20)21)4-11(12)13/h1-7,17H. The fourth-order valence-corrected chi connectivity index (χ4v) is 2.47. The van der Waals surface area contributed by atoms with Gasteiger partial charge in [-0.25, -0.2) is 0 Å². The first-order valence-corrected chi connectivity index (χ1v) is 6.76. The Hall–Kier alpha value is -2.54. The number of nitrogens with one attached hydrogen (secondary N) is 1. The summed E-state index contributed by atoms with van der Waals surface area (Å²) >= 11 is 3.26. The van der Waals surface area contributed by atoms with E-state index in [0.717, 1.165) is 0 Å². The molecule has 6 nitrogen and oxygen atoms in total. The number of benzene rings is 1. The molecule has 0 saturated carbocycles. The molecule has 0 aliphatic heterocycles. The van der Waals surface area contributed by atoms with Gasteiger partial charge in [-0.15, -0.1) is 0 Å². The molecule has 0 amide bonds. The second-order valence-corrected chi connectivity index (χ2v) is 5.33. The van der Waals surface area contributed by atoms with Crippen LogP contribution in [0.4, 0.5) is 5.69 Å². The summed E-state index contributed by atoms with van der Waals surface area (Å²) in [6.45, 7) is 0. The van der Waals surface area contributed by atoms with Gasteiger partial charge in [0, 0.05) is 57.2 Å². The van der Waals surface area contributed by atoms with E-state index in [1.54, 1.807) is 24.5 Å². The van der Waals surface area contributed by atoms with E-state index in [-0.39, 0.29) is 11.5 Å². The Bertz CT molecular complexity index is 873. The molecule has 0 radical (unpaired) electrons. The molecule has 0 atom stereocenters. The predicted molar refractivity (Wildman–Crippen MR) is 80.3 cm³/mol. The zero-order valence-corrected chi connectivity index (χ0v) is 12.1. The molecule has 0 spiro atoms. The monoisotopic (exact) mass is 345 g/mol. The van der Waals surface area contributed by atoms with Gasteiger partial charge in [0.2, 0.25) is 0 Å². The lowest BCUT2D eigenvalue weighted by Gasteiger charge is -2.00. The summed E-state index contributed by atoms with van der Waals surface area (Å²) in [5.74, 6) is -0.240. The summed E-state index contributed by atoms with van der Waals surface area (Å²) in [4.78, 5) is 29.8. The third kappa shape index (κ3) is 2.43. The molecule has 104 valence electrons. The van der Waals surface area contributed by atoms with Gasteiger partial charge in [-0.05, 0) is 28.1 Å². The molecule has 21 heavy (non-hydrogen) atoms. The van der Waals surface area contributed by atoms with Gasteiger partial charge in [0.05, 0.1) is 4.92 Å². The van der Waals surface area contributed by atoms with Crippen LogP contribution in [0.5, 0.6) is 0 Å². The topological polar surface area (TPSA) is 88.9 Å². The summed E-state index contributed by atoms with van der Waals surface area (Å²) in [5, 5.41) is 11.4. The van der Waals surface area contributed by atoms with Crippen molar-refractivity contribution in [2.24, 2.45) is 0 Å². The molecule has 0 aliphatic carbocycles. The van der Waals surface area contributed by atoms with Crippen LogP contribution in [-0.4, -0.2) is 20.7 Å². The molecule has 0 aliphatic rings. The average molecular weight is 346 g/mol. The summed E-state index contributed by atoms with van der Waals surface area (Å²) < 4.78 is 0.694. The lowest BCUT2D eigenvalue weighted by molar-refractivity contribution is -0.384. The SMILES string of the molecule is O=C(c1cncc(Br)c1)c1c[nH]c2ccc([N+](=O)[O-])cc12. The number of nitrogens with zero attached hydrogens (tertiary/aromatic N) is 2. The maximum Gasteiger partial charge on any atom is 0.270 e. The third-order valence-corrected chi connectivity index (χ3v) is 3.52. The number of carbonyl (C=O) groups excluding carboxylic acids is 1. The van der Waals surface area contributed by atoms with Crippen molar-refractivity contribution in [3.05, 3.63) is 68.6 Å². The van der Waals surface area contributed by atoms with Crippen LogP contribution < -0.4 is 0 Å². The Kier molecular flexibility index (Phi) is 3.26. The van der Waals surface area contributed by atoms with E-state index in [1.807, 2.05) is 0 Å². The molecule has 7 heteroatoms. The number of hydrogen-bond acceptors (Lipinski definition) is 4. The normalized spacial score (nSPS) is 10.7. The number of rotatable bonds is 3. The number of aromatic amines is 1. The van der Waals surface area contributed by atoms with Gasteiger partial charge < -0.3 is 4.98 Å². The second kappa shape index (κ2) is 5.10. The van der Waals surface area contributed by atoms with Crippen LogP contribution >= 0.6 is 15.9 Å². The molecule has 2 heterocycles. The zero-order valence-electron chi connectivity index (χ0n) is 10.5. The number of H-pyrrole nitrogens is 1. The maximum absolute atomic E-state index is 12.5. The molecule has 3 aromatic rings. The number of ketones is 1. The van der Waals surface area contributed by atoms with Gasteiger partial charge in [0.1, 0.15) is 0 Å². The minimum absolute atomic E-state index is 0.0523. The van der Waals surface area contributed by atoms with Gasteiger partial charge in [-0.2, -0.15) is 0 Å². The number of aromatic nitrogens is 2. The average Bonchev–Trinajstić information content (AvgIpc) is 2.89. The van der Waals surface area contributed by atoms with Crippen LogP contribution in [0.2, 0.25) is 0 Å². The quantitative estimate of drug-likeness (QED) is 0.447. The van der Waals surface area contributed by atoms with Crippen molar-refractivity contribution in [2.45, 2.75) is 0 Å². The number of fused-ring (bicyclic) bond motifs is 1. The molecule has 0 bridgehead atoms. The Morgan fingerprint density at radius 2 is 2.10 bits per heavy atom. The molecule has 1 N–H and O–H groups in total. The van der Waals surface area contributed by atoms with Crippen LogP contribution in [0.1, 0.15) is 15.9 Å². The van der Waals surface area contributed by atoms with Crippen LogP contribution in [0, 0.1) is 10.1 Å². The molecule has 0 saturated heterocycles. The minimum atomic E-state index is -0.485. The highest BCUT2D eigenvalue weighted by atomic mass is 79.9. The highest BCUT2D eigenvalue weighted by Crippen LogP contribution is 2.25. The summed E-state index contributed by atoms with van der Waals surface area (Å²) in [7, 11) is 0. The van der Waals surface area contributed by atoms with Gasteiger partial charge >= 0.3 is 0 Å². The minimum Gasteiger partial charge on any atom is -0.360 e. The van der Waals surface area contributed by atoms with E-state index in [2.05, 4.69) is 25.9 Å². The predicted octanol–water partition coefficient (Wildman–Crippen LogP) is 3.46. The molecule has 0 unspecified atom stereocenters. The molecule has 3 rings (SSSR count). The van der Waals surface area contributed by atoms with Gasteiger partial charge in [0.25, 0.3) is 5.69 Å². The first kappa shape index (κ1) is 13.4. The molecule has 2 aromatic heterocycles. The van der Waals surface area contributed by atoms with E-state index < -0.39 is 4.92 Å². The van der Waals surface area contributed by atoms with Crippen molar-refractivity contribution < 1.29 is 9.72 Å². The van der Waals surface area contributed by atoms with Crippen molar-refractivity contribution in [1.29, 1.82) is 0 Å². The Morgan fingerprint density at radius 3 is 2.81 bits per heavy atom. The number of carbonyl (C=O) groups is 1. The lowest BCUT2D eigenvalue weighted by Crippen LogP contribution is -2.01. The smallest absolute Gasteiger partial charge is 0.270 e. The number of hydrogen-bond donors (Lipinski definition) is 1. The van der Waals surface area contributed by atoms with Gasteiger partial charge in [-0.1, -0.05) is 0 Å². The summed E-state index contributed by atoms with van der Waals surface area (Å²) in [6.07, 6.45) is 4.59. The Labute approximate surface area is 127 Å². The summed E-state index contributed by atoms with van der Waals surface area (Å²) in [6, 6.07) is 6.03. The lowest BCUT2D eigenvalue weighted by atomic mass is 10.0. The highest BCUT2D eigenvalue weighted by molar-refractivity contribution is 9.10. The van der Waals surface area contributed by atoms with Crippen LogP contribution in [-0.2, 0) is 0 Å². The Balaban J connectivity index is 2.14. The molecular formula is C14H8BrN3O3. The van der Waals surface area contributed by atoms with Crippen LogP contribution in [0.3, 0.4) is 0 Å².